The number of nitrogens with one attached hydrogen (secondary N) is 1. The third kappa shape index (κ3) is 2.47. The van der Waals surface area contributed by atoms with E-state index in [4.69, 9.17) is 0 Å². The first-order valence-corrected chi connectivity index (χ1v) is 8.33. The topological polar surface area (TPSA) is 66.1 Å². The Hall–Kier alpha value is -1.69. The van der Waals surface area contributed by atoms with E-state index in [9.17, 15) is 9.00 Å². The highest BCUT2D eigenvalue weighted by Crippen LogP contribution is 2.18. The van der Waals surface area contributed by atoms with Crippen LogP contribution in [0, 0.1) is 0 Å². The number of aromatic amines is 1. The van der Waals surface area contributed by atoms with Crippen molar-refractivity contribution in [2.45, 2.75) is 24.4 Å². The van der Waals surface area contributed by atoms with Gasteiger partial charge in [-0.25, -0.2) is 4.98 Å². The number of rotatable bonds is 2. The number of amides is 1. The van der Waals surface area contributed by atoms with Gasteiger partial charge in [0.05, 0.1) is 21.8 Å². The Kier molecular flexibility index (Phi) is 3.56. The summed E-state index contributed by atoms with van der Waals surface area (Å²) in [6.07, 6.45) is 4.94. The van der Waals surface area contributed by atoms with Crippen molar-refractivity contribution in [2.75, 3.05) is 19.3 Å². The molecule has 1 saturated heterocycles. The molecule has 1 aromatic heterocycles. The molecule has 1 atom stereocenters. The normalized spacial score (nSPS) is 17.4. The Morgan fingerprint density at radius 3 is 2.75 bits per heavy atom. The van der Waals surface area contributed by atoms with Crippen molar-refractivity contribution in [1.29, 1.82) is 0 Å². The minimum Gasteiger partial charge on any atom is -0.339 e. The lowest BCUT2D eigenvalue weighted by Gasteiger charge is -2.26. The third-order valence-electron chi connectivity index (χ3n) is 3.62. The van der Waals surface area contributed by atoms with Crippen LogP contribution in [-0.2, 0) is 10.8 Å². The number of likely N-dealkylation sites (tertiary alicyclic amines) is 1. The second-order valence-corrected chi connectivity index (χ2v) is 6.38. The van der Waals surface area contributed by atoms with Gasteiger partial charge in [-0.2, -0.15) is 0 Å². The zero-order valence-corrected chi connectivity index (χ0v) is 12.2. The van der Waals surface area contributed by atoms with Crippen molar-refractivity contribution < 1.29 is 9.00 Å². The largest absolute Gasteiger partial charge is 0.339 e. The molecule has 0 saturated carbocycles. The minimum atomic E-state index is -1.15. The average Bonchev–Trinajstić information content (AvgIpc) is 2.90. The fraction of sp³-hybridized carbons (Fsp3) is 0.429. The first kappa shape index (κ1) is 13.3. The van der Waals surface area contributed by atoms with Crippen LogP contribution in [0.2, 0.25) is 0 Å². The molecular weight excluding hydrogens is 274 g/mol. The van der Waals surface area contributed by atoms with Crippen molar-refractivity contribution in [3.05, 3.63) is 23.8 Å². The highest BCUT2D eigenvalue weighted by molar-refractivity contribution is 7.84. The average molecular weight is 291 g/mol. The molecule has 1 aliphatic heterocycles. The number of hydrogen-bond acceptors (Lipinski definition) is 3. The number of aromatic nitrogens is 2. The highest BCUT2D eigenvalue weighted by atomic mass is 32.2. The van der Waals surface area contributed by atoms with Gasteiger partial charge in [0.2, 0.25) is 0 Å². The predicted molar refractivity (Wildman–Crippen MR) is 78.2 cm³/mol. The van der Waals surface area contributed by atoms with E-state index in [0.717, 1.165) is 37.0 Å². The Bertz CT molecular complexity index is 674. The van der Waals surface area contributed by atoms with Crippen LogP contribution in [0.4, 0.5) is 0 Å². The Morgan fingerprint density at radius 1 is 1.30 bits per heavy atom. The SMILES string of the molecule is CS(=O)c1nc2ccc(C(=O)N3CCCCC3)cc2[nH]1. The molecule has 0 radical (unpaired) electrons. The maximum atomic E-state index is 12.4. The second-order valence-electron chi connectivity index (χ2n) is 5.08. The van der Waals surface area contributed by atoms with Gasteiger partial charge in [-0.1, -0.05) is 0 Å². The molecule has 106 valence electrons. The van der Waals surface area contributed by atoms with Crippen LogP contribution in [0.1, 0.15) is 29.6 Å². The van der Waals surface area contributed by atoms with Crippen LogP contribution in [0.5, 0.6) is 0 Å². The van der Waals surface area contributed by atoms with Gasteiger partial charge in [0.15, 0.2) is 5.16 Å². The summed E-state index contributed by atoms with van der Waals surface area (Å²) in [5.74, 6) is 0.0698. The number of fused-ring (bicyclic) bond motifs is 1. The van der Waals surface area contributed by atoms with Crippen molar-refractivity contribution in [1.82, 2.24) is 14.9 Å². The van der Waals surface area contributed by atoms with Gasteiger partial charge in [0.25, 0.3) is 5.91 Å². The lowest BCUT2D eigenvalue weighted by atomic mass is 10.1. The number of imidazole rings is 1. The summed E-state index contributed by atoms with van der Waals surface area (Å²) >= 11 is 0. The number of carbonyl (C=O) groups is 1. The third-order valence-corrected chi connectivity index (χ3v) is 4.36. The van der Waals surface area contributed by atoms with Crippen LogP contribution < -0.4 is 0 Å². The van der Waals surface area contributed by atoms with Gasteiger partial charge in [-0.05, 0) is 37.5 Å². The monoisotopic (exact) mass is 291 g/mol. The summed E-state index contributed by atoms with van der Waals surface area (Å²) in [6, 6.07) is 5.40. The molecule has 0 spiro atoms. The van der Waals surface area contributed by atoms with E-state index in [1.807, 2.05) is 4.90 Å². The molecule has 1 fully saturated rings. The van der Waals surface area contributed by atoms with Crippen LogP contribution >= 0.6 is 0 Å². The maximum absolute atomic E-state index is 12.4. The lowest BCUT2D eigenvalue weighted by Crippen LogP contribution is -2.35. The quantitative estimate of drug-likeness (QED) is 0.919. The molecule has 6 heteroatoms. The van der Waals surface area contributed by atoms with Crippen molar-refractivity contribution in [3.8, 4) is 0 Å². The molecule has 3 rings (SSSR count). The van der Waals surface area contributed by atoms with Gasteiger partial charge in [0, 0.05) is 24.9 Å². The Balaban J connectivity index is 1.91. The number of H-pyrrole nitrogens is 1. The van der Waals surface area contributed by atoms with E-state index in [2.05, 4.69) is 9.97 Å². The van der Waals surface area contributed by atoms with Gasteiger partial charge >= 0.3 is 0 Å². The standard InChI is InChI=1S/C14H17N3O2S/c1-20(19)14-15-11-6-5-10(9-12(11)16-14)13(18)17-7-3-2-4-8-17/h5-6,9H,2-4,7-8H2,1H3,(H,15,16). The molecule has 1 aromatic carbocycles. The van der Waals surface area contributed by atoms with Crippen molar-refractivity contribution >= 4 is 27.7 Å². The molecule has 0 aliphatic carbocycles. The zero-order valence-electron chi connectivity index (χ0n) is 11.4. The van der Waals surface area contributed by atoms with E-state index in [1.54, 1.807) is 24.5 Å². The molecule has 1 unspecified atom stereocenters. The summed E-state index contributed by atoms with van der Waals surface area (Å²) in [6.45, 7) is 1.67. The predicted octanol–water partition coefficient (Wildman–Crippen LogP) is 1.93. The summed E-state index contributed by atoms with van der Waals surface area (Å²) in [4.78, 5) is 21.6. The highest BCUT2D eigenvalue weighted by Gasteiger charge is 2.18. The van der Waals surface area contributed by atoms with E-state index in [-0.39, 0.29) is 5.91 Å². The molecule has 1 amide bonds. The molecular formula is C14H17N3O2S. The Morgan fingerprint density at radius 2 is 2.05 bits per heavy atom. The molecule has 1 aliphatic rings. The van der Waals surface area contributed by atoms with Crippen molar-refractivity contribution in [3.63, 3.8) is 0 Å². The van der Waals surface area contributed by atoms with Crippen LogP contribution in [0.3, 0.4) is 0 Å². The Labute approximate surface area is 119 Å². The summed E-state index contributed by atoms with van der Waals surface area (Å²) in [5, 5.41) is 0.447. The van der Waals surface area contributed by atoms with Gasteiger partial charge in [-0.15, -0.1) is 0 Å². The zero-order chi connectivity index (χ0) is 14.1. The van der Waals surface area contributed by atoms with Gasteiger partial charge < -0.3 is 9.88 Å². The number of piperidine rings is 1. The molecule has 2 heterocycles. The molecule has 1 N–H and O–H groups in total. The van der Waals surface area contributed by atoms with E-state index >= 15 is 0 Å². The molecule has 20 heavy (non-hydrogen) atoms. The molecule has 0 bridgehead atoms. The molecule has 2 aromatic rings. The van der Waals surface area contributed by atoms with Gasteiger partial charge in [-0.3, -0.25) is 9.00 Å². The van der Waals surface area contributed by atoms with Crippen molar-refractivity contribution in [2.24, 2.45) is 0 Å². The number of nitrogens with zero attached hydrogens (tertiary/aromatic N) is 2. The summed E-state index contributed by atoms with van der Waals surface area (Å²) < 4.78 is 11.4. The second kappa shape index (κ2) is 5.36. The lowest BCUT2D eigenvalue weighted by molar-refractivity contribution is 0.0724. The first-order valence-electron chi connectivity index (χ1n) is 6.77. The number of benzene rings is 1. The molecule has 5 nitrogen and oxygen atoms in total. The number of hydrogen-bond donors (Lipinski definition) is 1. The van der Waals surface area contributed by atoms with Gasteiger partial charge in [0.1, 0.15) is 0 Å². The fourth-order valence-electron chi connectivity index (χ4n) is 2.53. The summed E-state index contributed by atoms with van der Waals surface area (Å²) in [5.41, 5.74) is 2.17. The van der Waals surface area contributed by atoms with Crippen LogP contribution in [0.25, 0.3) is 11.0 Å². The van der Waals surface area contributed by atoms with E-state index < -0.39 is 10.8 Å². The maximum Gasteiger partial charge on any atom is 0.253 e. The minimum absolute atomic E-state index is 0.0698. The summed E-state index contributed by atoms with van der Waals surface area (Å²) in [7, 11) is -1.15. The smallest absolute Gasteiger partial charge is 0.253 e. The van der Waals surface area contributed by atoms with Crippen LogP contribution in [-0.4, -0.2) is 44.3 Å². The first-order chi connectivity index (χ1) is 9.65. The van der Waals surface area contributed by atoms with E-state index in [0.29, 0.717) is 10.7 Å². The number of carbonyl (C=O) groups excluding carboxylic acids is 1. The van der Waals surface area contributed by atoms with Crippen LogP contribution in [0.15, 0.2) is 23.4 Å². The fourth-order valence-corrected chi connectivity index (χ4v) is 3.02. The van der Waals surface area contributed by atoms with E-state index in [1.165, 1.54) is 6.42 Å².